The summed E-state index contributed by atoms with van der Waals surface area (Å²) < 4.78 is 26.9. The molecule has 1 unspecified atom stereocenters. The van der Waals surface area contributed by atoms with Gasteiger partial charge in [-0.05, 0) is 42.0 Å². The third kappa shape index (κ3) is 4.18. The molecule has 1 aromatic heterocycles. The van der Waals surface area contributed by atoms with Gasteiger partial charge in [-0.1, -0.05) is 53.7 Å². The second kappa shape index (κ2) is 8.84. The first-order chi connectivity index (χ1) is 15.6. The van der Waals surface area contributed by atoms with Crippen LogP contribution in [0.25, 0.3) is 10.9 Å². The largest absolute Gasteiger partial charge is 0.486 e. The van der Waals surface area contributed by atoms with Crippen LogP contribution in [0.5, 0.6) is 11.5 Å². The van der Waals surface area contributed by atoms with Gasteiger partial charge < -0.3 is 9.47 Å². The molecule has 0 fully saturated rings. The van der Waals surface area contributed by atoms with E-state index in [1.807, 2.05) is 42.5 Å². The lowest BCUT2D eigenvalue weighted by Gasteiger charge is -2.27. The van der Waals surface area contributed by atoms with Crippen LogP contribution in [0.15, 0.2) is 76.7 Å². The van der Waals surface area contributed by atoms with Crippen LogP contribution in [0, 0.1) is 5.82 Å². The van der Waals surface area contributed by atoms with Crippen molar-refractivity contribution in [3.63, 3.8) is 0 Å². The molecular weight excluding hydrogens is 451 g/mol. The summed E-state index contributed by atoms with van der Waals surface area (Å²) in [5.41, 5.74) is 1.23. The highest BCUT2D eigenvalue weighted by Crippen LogP contribution is 2.32. The summed E-state index contributed by atoms with van der Waals surface area (Å²) in [4.78, 5) is 18.0. The third-order valence-corrected chi connectivity index (χ3v) is 6.53. The molecule has 2 heterocycles. The second-order valence-electron chi connectivity index (χ2n) is 7.35. The maximum Gasteiger partial charge on any atom is 0.262 e. The monoisotopic (exact) mass is 468 g/mol. The van der Waals surface area contributed by atoms with Crippen molar-refractivity contribution >= 4 is 34.3 Å². The summed E-state index contributed by atoms with van der Waals surface area (Å²) >= 11 is 7.56. The number of rotatable bonds is 5. The average Bonchev–Trinajstić information content (AvgIpc) is 2.80. The number of hydrogen-bond donors (Lipinski definition) is 0. The van der Waals surface area contributed by atoms with Gasteiger partial charge in [0.05, 0.1) is 17.4 Å². The summed E-state index contributed by atoms with van der Waals surface area (Å²) in [6.07, 6.45) is -0.348. The fourth-order valence-electron chi connectivity index (χ4n) is 3.56. The number of para-hydroxylation sites is 3. The van der Waals surface area contributed by atoms with E-state index in [1.165, 1.54) is 23.9 Å². The van der Waals surface area contributed by atoms with Crippen molar-refractivity contribution in [3.8, 4) is 11.5 Å². The average molecular weight is 469 g/mol. The Bertz CT molecular complexity index is 1360. The van der Waals surface area contributed by atoms with E-state index in [-0.39, 0.29) is 24.0 Å². The number of benzene rings is 3. The smallest absolute Gasteiger partial charge is 0.262 e. The number of fused-ring (bicyclic) bond motifs is 2. The summed E-state index contributed by atoms with van der Waals surface area (Å²) in [6.45, 7) is 0.606. The minimum atomic E-state index is -0.390. The number of thioether (sulfide) groups is 1. The highest BCUT2D eigenvalue weighted by molar-refractivity contribution is 7.98. The first-order valence-corrected chi connectivity index (χ1v) is 11.4. The Morgan fingerprint density at radius 3 is 2.72 bits per heavy atom. The van der Waals surface area contributed by atoms with Gasteiger partial charge in [-0.2, -0.15) is 0 Å². The predicted molar refractivity (Wildman–Crippen MR) is 123 cm³/mol. The number of halogens is 2. The molecule has 0 saturated heterocycles. The summed E-state index contributed by atoms with van der Waals surface area (Å²) in [5, 5.41) is 1.41. The molecule has 1 aliphatic heterocycles. The van der Waals surface area contributed by atoms with E-state index in [1.54, 1.807) is 16.7 Å². The molecular formula is C24H18ClFN2O3S. The first-order valence-electron chi connectivity index (χ1n) is 10.0. The summed E-state index contributed by atoms with van der Waals surface area (Å²) in [6, 6.07) is 19.0. The molecule has 5 nitrogen and oxygen atoms in total. The van der Waals surface area contributed by atoms with Crippen molar-refractivity contribution in [2.45, 2.75) is 23.6 Å². The van der Waals surface area contributed by atoms with Crippen LogP contribution in [-0.2, 0) is 12.3 Å². The van der Waals surface area contributed by atoms with Crippen LogP contribution >= 0.6 is 23.4 Å². The molecule has 1 atom stereocenters. The molecule has 0 aliphatic carbocycles. The zero-order chi connectivity index (χ0) is 22.1. The molecule has 0 N–H and O–H groups in total. The first kappa shape index (κ1) is 20.8. The lowest BCUT2D eigenvalue weighted by atomic mass is 10.2. The Morgan fingerprint density at radius 2 is 1.88 bits per heavy atom. The topological polar surface area (TPSA) is 53.4 Å². The van der Waals surface area contributed by atoms with Crippen LogP contribution < -0.4 is 15.0 Å². The van der Waals surface area contributed by atoms with E-state index in [0.29, 0.717) is 44.9 Å². The van der Waals surface area contributed by atoms with E-state index >= 15 is 0 Å². The van der Waals surface area contributed by atoms with Gasteiger partial charge in [0.25, 0.3) is 5.56 Å². The van der Waals surface area contributed by atoms with Crippen molar-refractivity contribution in [2.24, 2.45) is 0 Å². The molecule has 0 amide bonds. The molecule has 4 aromatic rings. The van der Waals surface area contributed by atoms with Crippen molar-refractivity contribution in [1.82, 2.24) is 9.55 Å². The Balaban J connectivity index is 1.47. The van der Waals surface area contributed by atoms with Crippen molar-refractivity contribution in [3.05, 3.63) is 93.5 Å². The van der Waals surface area contributed by atoms with Gasteiger partial charge in [0.2, 0.25) is 0 Å². The van der Waals surface area contributed by atoms with Gasteiger partial charge in [0.15, 0.2) is 22.8 Å². The van der Waals surface area contributed by atoms with Gasteiger partial charge in [-0.15, -0.1) is 0 Å². The van der Waals surface area contributed by atoms with Gasteiger partial charge in [-0.3, -0.25) is 9.36 Å². The number of aromatic nitrogens is 2. The standard InChI is InChI=1S/C24H18ClFN2O3S/c25-19-11-16(26)10-9-15(19)14-32-24-27-20-6-2-1-5-18(20)23(29)28(24)12-17-13-30-21-7-3-4-8-22(21)31-17/h1-11,17H,12-14H2. The Kier molecular flexibility index (Phi) is 5.76. The maximum absolute atomic E-state index is 13.4. The van der Waals surface area contributed by atoms with Crippen LogP contribution in [0.4, 0.5) is 4.39 Å². The van der Waals surface area contributed by atoms with E-state index in [4.69, 9.17) is 26.1 Å². The predicted octanol–water partition coefficient (Wildman–Crippen LogP) is 5.32. The molecule has 0 saturated carbocycles. The van der Waals surface area contributed by atoms with Gasteiger partial charge in [0.1, 0.15) is 12.4 Å². The highest BCUT2D eigenvalue weighted by atomic mass is 35.5. The van der Waals surface area contributed by atoms with Crippen molar-refractivity contribution in [2.75, 3.05) is 6.61 Å². The van der Waals surface area contributed by atoms with Crippen LogP contribution in [0.3, 0.4) is 0 Å². The molecule has 3 aromatic carbocycles. The minimum absolute atomic E-state index is 0.147. The zero-order valence-electron chi connectivity index (χ0n) is 16.8. The SMILES string of the molecule is O=c1c2ccccc2nc(SCc2ccc(F)cc2Cl)n1CC1COc2ccccc2O1. The van der Waals surface area contributed by atoms with Gasteiger partial charge in [-0.25, -0.2) is 9.37 Å². The van der Waals surface area contributed by atoms with E-state index in [9.17, 15) is 9.18 Å². The molecule has 0 spiro atoms. The van der Waals surface area contributed by atoms with Crippen LogP contribution in [0.1, 0.15) is 5.56 Å². The van der Waals surface area contributed by atoms with E-state index < -0.39 is 0 Å². The van der Waals surface area contributed by atoms with E-state index in [2.05, 4.69) is 0 Å². The molecule has 0 radical (unpaired) electrons. The molecule has 5 rings (SSSR count). The van der Waals surface area contributed by atoms with Crippen molar-refractivity contribution < 1.29 is 13.9 Å². The maximum atomic E-state index is 13.4. The fourth-order valence-corrected chi connectivity index (χ4v) is 4.88. The number of ether oxygens (including phenoxy) is 2. The second-order valence-corrected chi connectivity index (χ2v) is 8.70. The quantitative estimate of drug-likeness (QED) is 0.293. The Hall–Kier alpha value is -3.03. The number of nitrogens with zero attached hydrogens (tertiary/aromatic N) is 2. The van der Waals surface area contributed by atoms with Crippen LogP contribution in [0.2, 0.25) is 5.02 Å². The molecule has 8 heteroatoms. The Labute approximate surface area is 192 Å². The van der Waals surface area contributed by atoms with Crippen molar-refractivity contribution in [1.29, 1.82) is 0 Å². The zero-order valence-corrected chi connectivity index (χ0v) is 18.4. The van der Waals surface area contributed by atoms with Crippen LogP contribution in [-0.4, -0.2) is 22.3 Å². The molecule has 32 heavy (non-hydrogen) atoms. The third-order valence-electron chi connectivity index (χ3n) is 5.15. The number of hydrogen-bond acceptors (Lipinski definition) is 5. The summed E-state index contributed by atoms with van der Waals surface area (Å²) in [7, 11) is 0. The highest BCUT2D eigenvalue weighted by Gasteiger charge is 2.23. The van der Waals surface area contributed by atoms with Gasteiger partial charge in [0, 0.05) is 10.8 Å². The van der Waals surface area contributed by atoms with Gasteiger partial charge >= 0.3 is 0 Å². The molecule has 1 aliphatic rings. The van der Waals surface area contributed by atoms with E-state index in [0.717, 1.165) is 5.56 Å². The lowest BCUT2D eigenvalue weighted by Crippen LogP contribution is -2.37. The molecule has 0 bridgehead atoms. The molecule has 162 valence electrons. The lowest BCUT2D eigenvalue weighted by molar-refractivity contribution is 0.0757. The summed E-state index contributed by atoms with van der Waals surface area (Å²) in [5.74, 6) is 1.39. The minimum Gasteiger partial charge on any atom is -0.486 e. The Morgan fingerprint density at radius 1 is 1.09 bits per heavy atom. The fraction of sp³-hybridized carbons (Fsp3) is 0.167. The normalized spacial score (nSPS) is 15.1.